The Morgan fingerprint density at radius 1 is 0.941 bits per heavy atom. The molecule has 0 unspecified atom stereocenters. The molecule has 0 bridgehead atoms. The number of carbonyl (C=O) groups excluding carboxylic acids is 3. The fourth-order valence-corrected chi connectivity index (χ4v) is 5.38. The maximum absolute atomic E-state index is 13.0. The third-order valence-electron chi connectivity index (χ3n) is 5.59. The number of rotatable bonds is 8. The summed E-state index contributed by atoms with van der Waals surface area (Å²) in [4.78, 5) is 35.8. The highest BCUT2D eigenvalue weighted by Gasteiger charge is 2.31. The second kappa shape index (κ2) is 11.3. The van der Waals surface area contributed by atoms with E-state index in [4.69, 9.17) is 0 Å². The number of carbonyl (C=O) groups is 3. The van der Waals surface area contributed by atoms with Crippen LogP contribution in [0.15, 0.2) is 59.5 Å². The van der Waals surface area contributed by atoms with E-state index in [1.165, 1.54) is 30.3 Å². The maximum atomic E-state index is 13.0. The topological polar surface area (TPSA) is 125 Å². The smallest absolute Gasteiger partial charge is 0.243 e. The summed E-state index contributed by atoms with van der Waals surface area (Å²) in [6.07, 6.45) is 1.30. The zero-order valence-electron chi connectivity index (χ0n) is 19.3. The Bertz CT molecular complexity index is 1110. The van der Waals surface area contributed by atoms with Gasteiger partial charge < -0.3 is 16.0 Å². The molecule has 1 atom stereocenters. The van der Waals surface area contributed by atoms with Gasteiger partial charge in [0, 0.05) is 45.1 Å². The van der Waals surface area contributed by atoms with Gasteiger partial charge in [-0.05, 0) is 42.7 Å². The van der Waals surface area contributed by atoms with Crippen LogP contribution in [0.1, 0.15) is 32.3 Å². The fraction of sp³-hybridized carbons (Fsp3) is 0.375. The van der Waals surface area contributed by atoms with Crippen LogP contribution in [0.2, 0.25) is 0 Å². The van der Waals surface area contributed by atoms with Gasteiger partial charge in [-0.25, -0.2) is 8.42 Å². The van der Waals surface area contributed by atoms with Crippen molar-refractivity contribution in [3.63, 3.8) is 0 Å². The Balaban J connectivity index is 1.58. The van der Waals surface area contributed by atoms with Crippen molar-refractivity contribution in [2.24, 2.45) is 0 Å². The SMILES string of the molecule is CC(=O)Nc1ccc(S(=O)(=O)N2CCC(NC(=O)[C@H](Cc3ccccc3)NC(C)=O)CC2)cc1. The van der Waals surface area contributed by atoms with E-state index in [1.807, 2.05) is 30.3 Å². The number of nitrogens with zero attached hydrogens (tertiary/aromatic N) is 1. The molecule has 10 heteroatoms. The maximum Gasteiger partial charge on any atom is 0.243 e. The molecule has 0 radical (unpaired) electrons. The molecule has 1 fully saturated rings. The lowest BCUT2D eigenvalue weighted by Crippen LogP contribution is -2.53. The third kappa shape index (κ3) is 6.88. The van der Waals surface area contributed by atoms with Crippen LogP contribution in [0.4, 0.5) is 5.69 Å². The minimum absolute atomic E-state index is 0.151. The first-order chi connectivity index (χ1) is 16.1. The van der Waals surface area contributed by atoms with Crippen LogP contribution in [0.5, 0.6) is 0 Å². The van der Waals surface area contributed by atoms with E-state index in [2.05, 4.69) is 16.0 Å². The minimum atomic E-state index is -3.68. The number of sulfonamides is 1. The normalized spacial score (nSPS) is 15.8. The van der Waals surface area contributed by atoms with Crippen LogP contribution >= 0.6 is 0 Å². The number of anilines is 1. The molecule has 0 spiro atoms. The summed E-state index contributed by atoms with van der Waals surface area (Å²) >= 11 is 0. The van der Waals surface area contributed by atoms with Gasteiger partial charge >= 0.3 is 0 Å². The molecule has 34 heavy (non-hydrogen) atoms. The molecule has 3 rings (SSSR count). The highest BCUT2D eigenvalue weighted by molar-refractivity contribution is 7.89. The van der Waals surface area contributed by atoms with E-state index >= 15 is 0 Å². The summed E-state index contributed by atoms with van der Waals surface area (Å²) in [5.74, 6) is -0.806. The van der Waals surface area contributed by atoms with Crippen LogP contribution in [0.25, 0.3) is 0 Å². The fourth-order valence-electron chi connectivity index (χ4n) is 3.91. The van der Waals surface area contributed by atoms with Gasteiger partial charge in [-0.3, -0.25) is 14.4 Å². The first kappa shape index (κ1) is 25.4. The Kier molecular flexibility index (Phi) is 8.41. The molecule has 1 aliphatic rings. The molecule has 1 aliphatic heterocycles. The molecule has 3 N–H and O–H groups in total. The van der Waals surface area contributed by atoms with Crippen molar-refractivity contribution < 1.29 is 22.8 Å². The van der Waals surface area contributed by atoms with Crippen molar-refractivity contribution in [2.45, 2.75) is 50.1 Å². The van der Waals surface area contributed by atoms with Gasteiger partial charge in [0.05, 0.1) is 4.90 Å². The number of nitrogens with one attached hydrogen (secondary N) is 3. The second-order valence-corrected chi connectivity index (χ2v) is 10.3. The van der Waals surface area contributed by atoms with Crippen LogP contribution in [0, 0.1) is 0 Å². The zero-order valence-corrected chi connectivity index (χ0v) is 20.1. The molecule has 0 aliphatic carbocycles. The highest BCUT2D eigenvalue weighted by Crippen LogP contribution is 2.22. The number of piperidine rings is 1. The number of hydrogen-bond acceptors (Lipinski definition) is 5. The van der Waals surface area contributed by atoms with Gasteiger partial charge in [0.25, 0.3) is 0 Å². The Morgan fingerprint density at radius 2 is 1.56 bits per heavy atom. The molecule has 182 valence electrons. The third-order valence-corrected chi connectivity index (χ3v) is 7.50. The van der Waals surface area contributed by atoms with Crippen molar-refractivity contribution in [1.29, 1.82) is 0 Å². The van der Waals surface area contributed by atoms with Gasteiger partial charge in [-0.1, -0.05) is 30.3 Å². The molecule has 0 aromatic heterocycles. The molecule has 2 aromatic carbocycles. The van der Waals surface area contributed by atoms with Crippen LogP contribution in [0.3, 0.4) is 0 Å². The van der Waals surface area contributed by atoms with Gasteiger partial charge in [0.1, 0.15) is 6.04 Å². The summed E-state index contributed by atoms with van der Waals surface area (Å²) < 4.78 is 27.4. The first-order valence-electron chi connectivity index (χ1n) is 11.1. The van der Waals surface area contributed by atoms with E-state index in [0.29, 0.717) is 24.9 Å². The molecular formula is C24H30N4O5S. The summed E-state index contributed by atoms with van der Waals surface area (Å²) in [5, 5.41) is 8.28. The van der Waals surface area contributed by atoms with E-state index < -0.39 is 16.1 Å². The molecule has 3 amide bonds. The average molecular weight is 487 g/mol. The van der Waals surface area contributed by atoms with Crippen molar-refractivity contribution in [3.8, 4) is 0 Å². The standard InChI is InChI=1S/C24H30N4O5S/c1-17(29)25-20-8-10-22(11-9-20)34(32,33)28-14-12-21(13-15-28)27-24(31)23(26-18(2)30)16-19-6-4-3-5-7-19/h3-11,21,23H,12-16H2,1-2H3,(H,25,29)(H,26,30)(H,27,31)/t23-/m0/s1. The van der Waals surface area contributed by atoms with Gasteiger partial charge in [0.2, 0.25) is 27.7 Å². The average Bonchev–Trinajstić information content (AvgIpc) is 2.79. The van der Waals surface area contributed by atoms with Gasteiger partial charge in [0.15, 0.2) is 0 Å². The molecule has 1 heterocycles. The Labute approximate surface area is 200 Å². The van der Waals surface area contributed by atoms with Crippen molar-refractivity contribution >= 4 is 33.4 Å². The largest absolute Gasteiger partial charge is 0.351 e. The lowest BCUT2D eigenvalue weighted by atomic mass is 10.0. The first-order valence-corrected chi connectivity index (χ1v) is 12.6. The summed E-state index contributed by atoms with van der Waals surface area (Å²) in [5.41, 5.74) is 1.46. The monoisotopic (exact) mass is 486 g/mol. The highest BCUT2D eigenvalue weighted by atomic mass is 32.2. The summed E-state index contributed by atoms with van der Waals surface area (Å²) in [7, 11) is -3.68. The predicted molar refractivity (Wildman–Crippen MR) is 128 cm³/mol. The van der Waals surface area contributed by atoms with Crippen molar-refractivity contribution in [1.82, 2.24) is 14.9 Å². The van der Waals surface area contributed by atoms with Gasteiger partial charge in [-0.15, -0.1) is 0 Å². The molecule has 2 aromatic rings. The number of hydrogen-bond donors (Lipinski definition) is 3. The lowest BCUT2D eigenvalue weighted by molar-refractivity contribution is -0.128. The number of amides is 3. The summed E-state index contributed by atoms with van der Waals surface area (Å²) in [6.45, 7) is 3.29. The van der Waals surface area contributed by atoms with E-state index in [1.54, 1.807) is 12.1 Å². The van der Waals surface area contributed by atoms with Crippen LogP contribution in [-0.2, 0) is 30.8 Å². The minimum Gasteiger partial charge on any atom is -0.351 e. The number of benzene rings is 2. The van der Waals surface area contributed by atoms with Crippen molar-refractivity contribution in [2.75, 3.05) is 18.4 Å². The molecular weight excluding hydrogens is 456 g/mol. The second-order valence-electron chi connectivity index (χ2n) is 8.34. The summed E-state index contributed by atoms with van der Waals surface area (Å²) in [6, 6.07) is 14.6. The molecule has 1 saturated heterocycles. The Hall–Kier alpha value is -3.24. The quantitative estimate of drug-likeness (QED) is 0.523. The lowest BCUT2D eigenvalue weighted by Gasteiger charge is -2.32. The predicted octanol–water partition coefficient (Wildman–Crippen LogP) is 1.66. The van der Waals surface area contributed by atoms with Crippen LogP contribution in [-0.4, -0.2) is 55.6 Å². The van der Waals surface area contributed by atoms with E-state index in [0.717, 1.165) is 5.56 Å². The molecule has 0 saturated carbocycles. The van der Waals surface area contributed by atoms with Gasteiger partial charge in [-0.2, -0.15) is 4.31 Å². The van der Waals surface area contributed by atoms with Crippen LogP contribution < -0.4 is 16.0 Å². The van der Waals surface area contributed by atoms with Crippen molar-refractivity contribution in [3.05, 3.63) is 60.2 Å². The van der Waals surface area contributed by atoms with E-state index in [-0.39, 0.29) is 41.7 Å². The van der Waals surface area contributed by atoms with E-state index in [9.17, 15) is 22.8 Å². The molecule has 9 nitrogen and oxygen atoms in total. The Morgan fingerprint density at radius 3 is 2.12 bits per heavy atom. The zero-order chi connectivity index (χ0) is 24.7.